The first-order valence-corrected chi connectivity index (χ1v) is 13.2. The number of hydrogen-bond acceptors (Lipinski definition) is 5. The third-order valence-corrected chi connectivity index (χ3v) is 7.12. The van der Waals surface area contributed by atoms with Gasteiger partial charge < -0.3 is 15.4 Å². The topological polar surface area (TPSA) is 114 Å². The molecule has 0 bridgehead atoms. The van der Waals surface area contributed by atoms with E-state index in [9.17, 15) is 18.0 Å². The van der Waals surface area contributed by atoms with Gasteiger partial charge in [0, 0.05) is 22.0 Å². The predicted molar refractivity (Wildman–Crippen MR) is 141 cm³/mol. The van der Waals surface area contributed by atoms with Gasteiger partial charge in [0.2, 0.25) is 15.9 Å². The first kappa shape index (κ1) is 27.2. The van der Waals surface area contributed by atoms with Crippen LogP contribution in [0.4, 0.5) is 10.5 Å². The molecule has 9 heteroatoms. The third kappa shape index (κ3) is 7.05. The molecular weight excluding hydrogens is 478 g/mol. The normalized spacial score (nSPS) is 12.8. The number of anilines is 1. The number of carbonyl (C=O) groups is 2. The SMILES string of the molecule is CC(C)[C@@H](NC(=O)OCc1ccccc1)C(=O)Nc1cccc2c(S(=O)(=O)NC(C)(C)C)cccc12. The summed E-state index contributed by atoms with van der Waals surface area (Å²) >= 11 is 0. The van der Waals surface area contributed by atoms with Gasteiger partial charge in [-0.15, -0.1) is 0 Å². The van der Waals surface area contributed by atoms with Crippen LogP contribution in [-0.2, 0) is 26.2 Å². The predicted octanol–water partition coefficient (Wildman–Crippen LogP) is 4.81. The van der Waals surface area contributed by atoms with E-state index in [2.05, 4.69) is 15.4 Å². The maximum atomic E-state index is 13.2. The number of fused-ring (bicyclic) bond motifs is 1. The van der Waals surface area contributed by atoms with Crippen LogP contribution in [0.2, 0.25) is 0 Å². The summed E-state index contributed by atoms with van der Waals surface area (Å²) in [6.45, 7) is 9.02. The van der Waals surface area contributed by atoms with Gasteiger partial charge >= 0.3 is 6.09 Å². The van der Waals surface area contributed by atoms with Crippen molar-refractivity contribution in [2.45, 2.75) is 57.7 Å². The van der Waals surface area contributed by atoms with Crippen LogP contribution in [0.3, 0.4) is 0 Å². The lowest BCUT2D eigenvalue weighted by molar-refractivity contribution is -0.119. The number of rotatable bonds is 8. The fourth-order valence-electron chi connectivity index (χ4n) is 3.72. The maximum Gasteiger partial charge on any atom is 0.408 e. The minimum atomic E-state index is -3.80. The Morgan fingerprint density at radius 3 is 2.17 bits per heavy atom. The minimum Gasteiger partial charge on any atom is -0.445 e. The first-order valence-electron chi connectivity index (χ1n) is 11.7. The Kier molecular flexibility index (Phi) is 8.37. The monoisotopic (exact) mass is 511 g/mol. The Morgan fingerprint density at radius 2 is 1.53 bits per heavy atom. The minimum absolute atomic E-state index is 0.0856. The Morgan fingerprint density at radius 1 is 0.889 bits per heavy atom. The lowest BCUT2D eigenvalue weighted by Crippen LogP contribution is -2.47. The Labute approximate surface area is 212 Å². The number of sulfonamides is 1. The summed E-state index contributed by atoms with van der Waals surface area (Å²) in [5, 5.41) is 6.53. The second-order valence-corrected chi connectivity index (χ2v) is 11.6. The average molecular weight is 512 g/mol. The molecule has 3 N–H and O–H groups in total. The van der Waals surface area contributed by atoms with Gasteiger partial charge in [0.25, 0.3) is 0 Å². The number of carbonyl (C=O) groups excluding carboxylic acids is 2. The summed E-state index contributed by atoms with van der Waals surface area (Å²) in [5.41, 5.74) is 0.619. The molecule has 3 aromatic rings. The molecule has 3 rings (SSSR count). The van der Waals surface area contributed by atoms with Gasteiger partial charge in [0.05, 0.1) is 4.90 Å². The van der Waals surface area contributed by atoms with E-state index in [0.717, 1.165) is 5.56 Å². The molecule has 0 aliphatic rings. The second-order valence-electron chi connectivity index (χ2n) is 9.93. The van der Waals surface area contributed by atoms with E-state index in [1.807, 2.05) is 44.2 Å². The highest BCUT2D eigenvalue weighted by Crippen LogP contribution is 2.29. The lowest BCUT2D eigenvalue weighted by Gasteiger charge is -2.23. The van der Waals surface area contributed by atoms with Crippen molar-refractivity contribution in [3.05, 3.63) is 72.3 Å². The Balaban J connectivity index is 1.80. The molecule has 0 saturated heterocycles. The molecule has 0 unspecified atom stereocenters. The third-order valence-electron chi connectivity index (χ3n) is 5.31. The number of nitrogens with one attached hydrogen (secondary N) is 3. The van der Waals surface area contributed by atoms with Crippen LogP contribution in [0, 0.1) is 5.92 Å². The highest BCUT2D eigenvalue weighted by atomic mass is 32.2. The zero-order chi connectivity index (χ0) is 26.5. The number of benzene rings is 3. The zero-order valence-corrected chi connectivity index (χ0v) is 22.0. The van der Waals surface area contributed by atoms with Crippen molar-refractivity contribution in [3.63, 3.8) is 0 Å². The first-order chi connectivity index (χ1) is 16.9. The van der Waals surface area contributed by atoms with Crippen LogP contribution in [0.15, 0.2) is 71.6 Å². The molecule has 36 heavy (non-hydrogen) atoms. The standard InChI is InChI=1S/C27H33N3O5S/c1-18(2)24(29-26(32)35-17-19-11-7-6-8-12-19)25(31)28-22-15-9-14-21-20(22)13-10-16-23(21)36(33,34)30-27(3,4)5/h6-16,18,24,30H,17H2,1-5H3,(H,28,31)(H,29,32)/t24-/m1/s1. The van der Waals surface area contributed by atoms with Gasteiger partial charge in [0.1, 0.15) is 12.6 Å². The molecule has 0 heterocycles. The number of ether oxygens (including phenoxy) is 1. The molecule has 0 aromatic heterocycles. The van der Waals surface area contributed by atoms with Crippen LogP contribution >= 0.6 is 0 Å². The van der Waals surface area contributed by atoms with E-state index in [1.54, 1.807) is 51.1 Å². The molecule has 0 aliphatic carbocycles. The molecule has 192 valence electrons. The van der Waals surface area contributed by atoms with E-state index >= 15 is 0 Å². The van der Waals surface area contributed by atoms with E-state index in [4.69, 9.17) is 4.74 Å². The van der Waals surface area contributed by atoms with Crippen LogP contribution in [-0.4, -0.2) is 32.0 Å². The van der Waals surface area contributed by atoms with Gasteiger partial charge in [-0.2, -0.15) is 0 Å². The van der Waals surface area contributed by atoms with Crippen LogP contribution in [0.1, 0.15) is 40.2 Å². The number of hydrogen-bond donors (Lipinski definition) is 3. The van der Waals surface area contributed by atoms with Crippen molar-refractivity contribution >= 4 is 38.5 Å². The molecular formula is C27H33N3O5S. The molecule has 0 aliphatic heterocycles. The maximum absolute atomic E-state index is 13.2. The molecule has 2 amide bonds. The van der Waals surface area contributed by atoms with Gasteiger partial charge in [-0.05, 0) is 44.4 Å². The Hall–Kier alpha value is -3.43. The van der Waals surface area contributed by atoms with E-state index in [-0.39, 0.29) is 17.4 Å². The van der Waals surface area contributed by atoms with Crippen molar-refractivity contribution in [1.29, 1.82) is 0 Å². The molecule has 3 aromatic carbocycles. The second kappa shape index (κ2) is 11.1. The van der Waals surface area contributed by atoms with E-state index in [0.29, 0.717) is 16.5 Å². The van der Waals surface area contributed by atoms with Crippen molar-refractivity contribution in [2.75, 3.05) is 5.32 Å². The van der Waals surface area contributed by atoms with Gasteiger partial charge in [-0.25, -0.2) is 17.9 Å². The summed E-state index contributed by atoms with van der Waals surface area (Å²) in [4.78, 5) is 25.7. The molecule has 8 nitrogen and oxygen atoms in total. The van der Waals surface area contributed by atoms with E-state index < -0.39 is 33.6 Å². The number of alkyl carbamates (subject to hydrolysis) is 1. The highest BCUT2D eigenvalue weighted by molar-refractivity contribution is 7.89. The average Bonchev–Trinajstić information content (AvgIpc) is 2.80. The quantitative estimate of drug-likeness (QED) is 0.402. The van der Waals surface area contributed by atoms with Crippen molar-refractivity contribution in [1.82, 2.24) is 10.0 Å². The molecule has 0 radical (unpaired) electrons. The summed E-state index contributed by atoms with van der Waals surface area (Å²) in [7, 11) is -3.80. The molecule has 0 saturated carbocycles. The summed E-state index contributed by atoms with van der Waals surface area (Å²) in [5.74, 6) is -0.661. The van der Waals surface area contributed by atoms with Crippen LogP contribution < -0.4 is 15.4 Å². The van der Waals surface area contributed by atoms with Crippen molar-refractivity contribution in [3.8, 4) is 0 Å². The number of amides is 2. The fraction of sp³-hybridized carbons (Fsp3) is 0.333. The van der Waals surface area contributed by atoms with Gasteiger partial charge in [-0.1, -0.05) is 68.4 Å². The Bertz CT molecular complexity index is 1330. The zero-order valence-electron chi connectivity index (χ0n) is 21.2. The van der Waals surface area contributed by atoms with Crippen LogP contribution in [0.5, 0.6) is 0 Å². The molecule has 1 atom stereocenters. The molecule has 0 fully saturated rings. The largest absolute Gasteiger partial charge is 0.445 e. The van der Waals surface area contributed by atoms with Gasteiger partial charge in [-0.3, -0.25) is 4.79 Å². The smallest absolute Gasteiger partial charge is 0.408 e. The van der Waals surface area contributed by atoms with Crippen molar-refractivity contribution < 1.29 is 22.7 Å². The van der Waals surface area contributed by atoms with E-state index in [1.165, 1.54) is 6.07 Å². The molecule has 0 spiro atoms. The van der Waals surface area contributed by atoms with Crippen LogP contribution in [0.25, 0.3) is 10.8 Å². The van der Waals surface area contributed by atoms with Gasteiger partial charge in [0.15, 0.2) is 0 Å². The summed E-state index contributed by atoms with van der Waals surface area (Å²) < 4.78 is 34.0. The summed E-state index contributed by atoms with van der Waals surface area (Å²) in [6.07, 6.45) is -0.702. The lowest BCUT2D eigenvalue weighted by atomic mass is 10.0. The fourth-order valence-corrected chi connectivity index (χ4v) is 5.36. The highest BCUT2D eigenvalue weighted by Gasteiger charge is 2.27. The van der Waals surface area contributed by atoms with Crippen molar-refractivity contribution in [2.24, 2.45) is 5.92 Å². The summed E-state index contributed by atoms with van der Waals surface area (Å²) in [6, 6.07) is 18.4.